The van der Waals surface area contributed by atoms with Gasteiger partial charge in [-0.2, -0.15) is 0 Å². The maximum Gasteiger partial charge on any atom is 0.225 e. The Bertz CT molecular complexity index is 810. The molecular weight excluding hydrogens is 350 g/mol. The number of piperazine rings is 1. The first-order valence-electron chi connectivity index (χ1n) is 10.3. The van der Waals surface area contributed by atoms with Gasteiger partial charge in [-0.3, -0.25) is 4.79 Å². The Kier molecular flexibility index (Phi) is 5.46. The molecular formula is C22H29N5O. The molecule has 0 aliphatic carbocycles. The van der Waals surface area contributed by atoms with Crippen molar-refractivity contribution in [2.45, 2.75) is 32.7 Å². The highest BCUT2D eigenvalue weighted by molar-refractivity contribution is 5.82. The van der Waals surface area contributed by atoms with Gasteiger partial charge in [0.05, 0.1) is 12.0 Å². The predicted molar refractivity (Wildman–Crippen MR) is 111 cm³/mol. The number of benzene rings is 1. The molecule has 2 aliphatic heterocycles. The topological polar surface area (TPSA) is 61.4 Å². The van der Waals surface area contributed by atoms with Gasteiger partial charge in [0.15, 0.2) is 0 Å². The van der Waals surface area contributed by atoms with Gasteiger partial charge in [-0.15, -0.1) is 0 Å². The quantitative estimate of drug-likeness (QED) is 0.865. The molecule has 1 fully saturated rings. The Morgan fingerprint density at radius 1 is 1.18 bits per heavy atom. The fraction of sp³-hybridized carbons (Fsp3) is 0.500. The number of nitrogens with one attached hydrogen (secondary N) is 1. The van der Waals surface area contributed by atoms with Crippen LogP contribution in [0.5, 0.6) is 0 Å². The van der Waals surface area contributed by atoms with E-state index < -0.39 is 0 Å². The van der Waals surface area contributed by atoms with Crippen LogP contribution in [0.3, 0.4) is 0 Å². The summed E-state index contributed by atoms with van der Waals surface area (Å²) in [5.74, 6) is 1.44. The van der Waals surface area contributed by atoms with E-state index in [2.05, 4.69) is 63.2 Å². The standard InChI is InChI=1S/C22H29N5O/c1-16(2)8-11-23-21(28)18-14-17-6-3-4-7-19(17)27-13-12-26(15-20(18)27)22-24-9-5-10-25-22/h3-7,9-10,16,18,20H,8,11-15H2,1-2H3,(H,23,28)/t18-,20+/m1/s1. The lowest BCUT2D eigenvalue weighted by Gasteiger charge is -2.49. The number of anilines is 2. The molecule has 0 radical (unpaired) electrons. The highest BCUT2D eigenvalue weighted by Gasteiger charge is 2.41. The smallest absolute Gasteiger partial charge is 0.225 e. The molecule has 1 saturated heterocycles. The number of aromatic nitrogens is 2. The lowest BCUT2D eigenvalue weighted by atomic mass is 9.83. The van der Waals surface area contributed by atoms with Gasteiger partial charge in [-0.25, -0.2) is 9.97 Å². The molecule has 3 heterocycles. The van der Waals surface area contributed by atoms with Crippen LogP contribution in [-0.2, 0) is 11.2 Å². The van der Waals surface area contributed by atoms with Crippen molar-refractivity contribution in [3.05, 3.63) is 48.3 Å². The highest BCUT2D eigenvalue weighted by Crippen LogP contribution is 2.36. The van der Waals surface area contributed by atoms with Crippen molar-refractivity contribution in [3.8, 4) is 0 Å². The summed E-state index contributed by atoms with van der Waals surface area (Å²) in [5, 5.41) is 3.19. The Morgan fingerprint density at radius 2 is 1.96 bits per heavy atom. The molecule has 0 bridgehead atoms. The van der Waals surface area contributed by atoms with E-state index in [1.165, 1.54) is 11.3 Å². The molecule has 0 spiro atoms. The summed E-state index contributed by atoms with van der Waals surface area (Å²) in [6.45, 7) is 7.60. The van der Waals surface area contributed by atoms with Crippen LogP contribution in [0, 0.1) is 11.8 Å². The molecule has 1 aromatic heterocycles. The van der Waals surface area contributed by atoms with Crippen molar-refractivity contribution >= 4 is 17.5 Å². The maximum absolute atomic E-state index is 13.1. The first-order chi connectivity index (χ1) is 13.6. The molecule has 1 N–H and O–H groups in total. The van der Waals surface area contributed by atoms with Crippen molar-refractivity contribution in [1.82, 2.24) is 15.3 Å². The van der Waals surface area contributed by atoms with Crippen molar-refractivity contribution in [1.29, 1.82) is 0 Å². The van der Waals surface area contributed by atoms with Gasteiger partial charge < -0.3 is 15.1 Å². The number of carbonyl (C=O) groups excluding carboxylic acids is 1. The molecule has 2 aliphatic rings. The number of nitrogens with zero attached hydrogens (tertiary/aromatic N) is 4. The van der Waals surface area contributed by atoms with E-state index in [0.717, 1.165) is 45.0 Å². The first kappa shape index (κ1) is 18.7. The van der Waals surface area contributed by atoms with Gasteiger partial charge in [-0.05, 0) is 36.5 Å². The third-order valence-electron chi connectivity index (χ3n) is 5.82. The van der Waals surface area contributed by atoms with Crippen LogP contribution in [0.15, 0.2) is 42.7 Å². The predicted octanol–water partition coefficient (Wildman–Crippen LogP) is 2.51. The molecule has 148 valence electrons. The maximum atomic E-state index is 13.1. The van der Waals surface area contributed by atoms with E-state index in [1.54, 1.807) is 12.4 Å². The van der Waals surface area contributed by atoms with Crippen molar-refractivity contribution in [3.63, 3.8) is 0 Å². The second-order valence-corrected chi connectivity index (χ2v) is 8.17. The van der Waals surface area contributed by atoms with E-state index in [0.29, 0.717) is 5.92 Å². The second-order valence-electron chi connectivity index (χ2n) is 8.17. The molecule has 1 amide bonds. The van der Waals surface area contributed by atoms with Crippen LogP contribution in [0.1, 0.15) is 25.8 Å². The average molecular weight is 380 g/mol. The van der Waals surface area contributed by atoms with E-state index in [9.17, 15) is 4.79 Å². The molecule has 2 atom stereocenters. The van der Waals surface area contributed by atoms with Gasteiger partial charge in [0.25, 0.3) is 0 Å². The summed E-state index contributed by atoms with van der Waals surface area (Å²) >= 11 is 0. The van der Waals surface area contributed by atoms with E-state index in [-0.39, 0.29) is 17.9 Å². The van der Waals surface area contributed by atoms with Crippen LogP contribution in [-0.4, -0.2) is 48.1 Å². The number of para-hydroxylation sites is 1. The number of fused-ring (bicyclic) bond motifs is 3. The number of carbonyl (C=O) groups is 1. The lowest BCUT2D eigenvalue weighted by Crippen LogP contribution is -2.61. The zero-order chi connectivity index (χ0) is 19.5. The van der Waals surface area contributed by atoms with Crippen LogP contribution in [0.25, 0.3) is 0 Å². The lowest BCUT2D eigenvalue weighted by molar-refractivity contribution is -0.125. The Morgan fingerprint density at radius 3 is 2.75 bits per heavy atom. The number of amides is 1. The van der Waals surface area contributed by atoms with Crippen LogP contribution >= 0.6 is 0 Å². The fourth-order valence-electron chi connectivity index (χ4n) is 4.31. The van der Waals surface area contributed by atoms with Crippen LogP contribution < -0.4 is 15.1 Å². The van der Waals surface area contributed by atoms with Gasteiger partial charge in [-0.1, -0.05) is 32.0 Å². The molecule has 6 nitrogen and oxygen atoms in total. The molecule has 28 heavy (non-hydrogen) atoms. The van der Waals surface area contributed by atoms with Crippen molar-refractivity contribution in [2.75, 3.05) is 36.0 Å². The number of rotatable bonds is 5. The third kappa shape index (κ3) is 3.81. The normalized spacial score (nSPS) is 21.2. The Balaban J connectivity index is 1.57. The van der Waals surface area contributed by atoms with E-state index >= 15 is 0 Å². The van der Waals surface area contributed by atoms with Gasteiger partial charge in [0.1, 0.15) is 0 Å². The van der Waals surface area contributed by atoms with Crippen molar-refractivity contribution in [2.24, 2.45) is 11.8 Å². The highest BCUT2D eigenvalue weighted by atomic mass is 16.1. The summed E-state index contributed by atoms with van der Waals surface area (Å²) in [4.78, 5) is 26.6. The molecule has 6 heteroatoms. The van der Waals surface area contributed by atoms with Crippen LogP contribution in [0.4, 0.5) is 11.6 Å². The zero-order valence-electron chi connectivity index (χ0n) is 16.7. The van der Waals surface area contributed by atoms with Gasteiger partial charge >= 0.3 is 0 Å². The molecule has 0 unspecified atom stereocenters. The monoisotopic (exact) mass is 379 g/mol. The molecule has 0 saturated carbocycles. The minimum absolute atomic E-state index is 0.0615. The summed E-state index contributed by atoms with van der Waals surface area (Å²) in [7, 11) is 0. The van der Waals surface area contributed by atoms with Crippen LogP contribution in [0.2, 0.25) is 0 Å². The minimum Gasteiger partial charge on any atom is -0.364 e. The average Bonchev–Trinajstić information content (AvgIpc) is 2.73. The fourth-order valence-corrected chi connectivity index (χ4v) is 4.31. The summed E-state index contributed by atoms with van der Waals surface area (Å²) in [6, 6.07) is 10.5. The summed E-state index contributed by atoms with van der Waals surface area (Å²) in [5.41, 5.74) is 2.54. The largest absolute Gasteiger partial charge is 0.364 e. The summed E-state index contributed by atoms with van der Waals surface area (Å²) in [6.07, 6.45) is 5.35. The Hall–Kier alpha value is -2.63. The SMILES string of the molecule is CC(C)CCNC(=O)[C@@H]1Cc2ccccc2N2CCN(c3ncccn3)C[C@@H]12. The minimum atomic E-state index is -0.0615. The zero-order valence-corrected chi connectivity index (χ0v) is 16.7. The van der Waals surface area contributed by atoms with Gasteiger partial charge in [0.2, 0.25) is 11.9 Å². The molecule has 1 aromatic carbocycles. The second kappa shape index (κ2) is 8.17. The summed E-state index contributed by atoms with van der Waals surface area (Å²) < 4.78 is 0. The molecule has 4 rings (SSSR count). The van der Waals surface area contributed by atoms with Crippen molar-refractivity contribution < 1.29 is 4.79 Å². The Labute approximate surface area is 167 Å². The number of hydrogen-bond donors (Lipinski definition) is 1. The molecule has 2 aromatic rings. The number of hydrogen-bond acceptors (Lipinski definition) is 5. The third-order valence-corrected chi connectivity index (χ3v) is 5.82. The first-order valence-corrected chi connectivity index (χ1v) is 10.3. The van der Waals surface area contributed by atoms with Gasteiger partial charge in [0, 0.05) is 44.3 Å². The van der Waals surface area contributed by atoms with E-state index in [4.69, 9.17) is 0 Å². The van der Waals surface area contributed by atoms with E-state index in [1.807, 2.05) is 6.07 Å².